The number of carbonyl (C=O) groups is 1. The van der Waals surface area contributed by atoms with Gasteiger partial charge >= 0.3 is 0 Å². The van der Waals surface area contributed by atoms with Gasteiger partial charge in [-0.1, -0.05) is 36.4 Å². The summed E-state index contributed by atoms with van der Waals surface area (Å²) < 4.78 is 5.27. The average Bonchev–Trinajstić information content (AvgIpc) is 2.79. The highest BCUT2D eigenvalue weighted by Crippen LogP contribution is 2.30. The van der Waals surface area contributed by atoms with Crippen molar-refractivity contribution < 1.29 is 9.53 Å². The quantitative estimate of drug-likeness (QED) is 0.627. The van der Waals surface area contributed by atoms with E-state index in [2.05, 4.69) is 36.4 Å². The predicted octanol–water partition coefficient (Wildman–Crippen LogP) is 5.09. The van der Waals surface area contributed by atoms with Crippen LogP contribution in [0.1, 0.15) is 40.5 Å². The predicted molar refractivity (Wildman–Crippen MR) is 115 cm³/mol. The fourth-order valence-electron chi connectivity index (χ4n) is 4.04. The molecule has 0 saturated carbocycles. The number of benzene rings is 2. The third-order valence-corrected chi connectivity index (χ3v) is 5.52. The lowest BCUT2D eigenvalue weighted by Crippen LogP contribution is -2.39. The Morgan fingerprint density at radius 1 is 1.03 bits per heavy atom. The Kier molecular flexibility index (Phi) is 5.61. The molecule has 29 heavy (non-hydrogen) atoms. The van der Waals surface area contributed by atoms with Crippen molar-refractivity contribution >= 4 is 5.91 Å². The van der Waals surface area contributed by atoms with Crippen LogP contribution >= 0.6 is 0 Å². The van der Waals surface area contributed by atoms with Gasteiger partial charge in [0.15, 0.2) is 0 Å². The summed E-state index contributed by atoms with van der Waals surface area (Å²) in [6.45, 7) is 3.52. The minimum absolute atomic E-state index is 0.0598. The van der Waals surface area contributed by atoms with Gasteiger partial charge in [0.1, 0.15) is 5.75 Å². The molecule has 4 heteroatoms. The Balaban J connectivity index is 1.57. The number of likely N-dealkylation sites (tertiary alicyclic amines) is 1. The number of piperidine rings is 1. The molecule has 1 saturated heterocycles. The molecule has 4 nitrogen and oxygen atoms in total. The molecule has 0 radical (unpaired) electrons. The van der Waals surface area contributed by atoms with Crippen LogP contribution in [0.4, 0.5) is 0 Å². The van der Waals surface area contributed by atoms with Gasteiger partial charge in [-0.25, -0.2) is 0 Å². The van der Waals surface area contributed by atoms with Crippen molar-refractivity contribution in [2.45, 2.75) is 25.7 Å². The highest BCUT2D eigenvalue weighted by molar-refractivity contribution is 5.94. The molecule has 1 atom stereocenters. The molecule has 0 bridgehead atoms. The molecular formula is C25H26N2O2. The fourth-order valence-corrected chi connectivity index (χ4v) is 4.04. The van der Waals surface area contributed by atoms with Crippen molar-refractivity contribution in [3.05, 3.63) is 83.7 Å². The normalized spacial score (nSPS) is 16.5. The van der Waals surface area contributed by atoms with Gasteiger partial charge < -0.3 is 9.64 Å². The van der Waals surface area contributed by atoms with E-state index in [9.17, 15) is 4.79 Å². The van der Waals surface area contributed by atoms with Crippen molar-refractivity contribution in [3.63, 3.8) is 0 Å². The molecule has 1 aromatic heterocycles. The Morgan fingerprint density at radius 2 is 1.86 bits per heavy atom. The monoisotopic (exact) mass is 386 g/mol. The molecule has 1 unspecified atom stereocenters. The lowest BCUT2D eigenvalue weighted by atomic mass is 9.92. The zero-order valence-electron chi connectivity index (χ0n) is 17.0. The van der Waals surface area contributed by atoms with E-state index in [0.717, 1.165) is 30.8 Å². The number of ether oxygens (including phenoxy) is 1. The van der Waals surface area contributed by atoms with E-state index >= 15 is 0 Å². The van der Waals surface area contributed by atoms with E-state index in [4.69, 9.17) is 9.72 Å². The first kappa shape index (κ1) is 19.2. The van der Waals surface area contributed by atoms with Gasteiger partial charge in [0, 0.05) is 36.0 Å². The number of pyridine rings is 1. The smallest absolute Gasteiger partial charge is 0.254 e. The van der Waals surface area contributed by atoms with Crippen LogP contribution in [0.3, 0.4) is 0 Å². The summed E-state index contributed by atoms with van der Waals surface area (Å²) in [4.78, 5) is 19.8. The largest absolute Gasteiger partial charge is 0.497 e. The maximum Gasteiger partial charge on any atom is 0.254 e. The molecule has 0 N–H and O–H groups in total. The SMILES string of the molecule is COc1cccc(C(=O)N2CCCC(c3cc(-c4ccccc4)cc(C)n3)C2)c1. The molecule has 148 valence electrons. The fraction of sp³-hybridized carbons (Fsp3) is 0.280. The van der Waals surface area contributed by atoms with Gasteiger partial charge in [0.2, 0.25) is 0 Å². The Morgan fingerprint density at radius 3 is 2.66 bits per heavy atom. The van der Waals surface area contributed by atoms with Crippen LogP contribution in [0.15, 0.2) is 66.7 Å². The van der Waals surface area contributed by atoms with Crippen molar-refractivity contribution in [1.29, 1.82) is 0 Å². The number of aryl methyl sites for hydroxylation is 1. The summed E-state index contributed by atoms with van der Waals surface area (Å²) in [7, 11) is 1.62. The Labute approximate surface area is 172 Å². The number of methoxy groups -OCH3 is 1. The minimum Gasteiger partial charge on any atom is -0.497 e. The van der Waals surface area contributed by atoms with E-state index < -0.39 is 0 Å². The minimum atomic E-state index is 0.0598. The molecule has 2 heterocycles. The van der Waals surface area contributed by atoms with Gasteiger partial charge in [-0.2, -0.15) is 0 Å². The van der Waals surface area contributed by atoms with Crippen LogP contribution in [-0.4, -0.2) is 36.0 Å². The molecule has 1 aliphatic heterocycles. The van der Waals surface area contributed by atoms with Crippen LogP contribution in [0.25, 0.3) is 11.1 Å². The molecule has 1 fully saturated rings. The number of carbonyl (C=O) groups excluding carboxylic acids is 1. The molecule has 4 rings (SSSR count). The highest BCUT2D eigenvalue weighted by Gasteiger charge is 2.27. The van der Waals surface area contributed by atoms with E-state index in [1.807, 2.05) is 42.2 Å². The highest BCUT2D eigenvalue weighted by atomic mass is 16.5. The number of amides is 1. The third-order valence-electron chi connectivity index (χ3n) is 5.52. The lowest BCUT2D eigenvalue weighted by molar-refractivity contribution is 0.0705. The van der Waals surface area contributed by atoms with Crippen molar-refractivity contribution in [3.8, 4) is 16.9 Å². The molecule has 0 aliphatic carbocycles. The summed E-state index contributed by atoms with van der Waals surface area (Å²) in [5.74, 6) is 1.02. The average molecular weight is 386 g/mol. The number of hydrogen-bond donors (Lipinski definition) is 0. The molecule has 2 aromatic carbocycles. The van der Waals surface area contributed by atoms with Crippen LogP contribution in [0, 0.1) is 6.92 Å². The van der Waals surface area contributed by atoms with Crippen LogP contribution < -0.4 is 4.74 Å². The first-order valence-electron chi connectivity index (χ1n) is 10.1. The topological polar surface area (TPSA) is 42.4 Å². The summed E-state index contributed by atoms with van der Waals surface area (Å²) in [5, 5.41) is 0. The summed E-state index contributed by atoms with van der Waals surface area (Å²) >= 11 is 0. The second-order valence-electron chi connectivity index (χ2n) is 7.61. The number of aromatic nitrogens is 1. The van der Waals surface area contributed by atoms with E-state index in [1.54, 1.807) is 7.11 Å². The first-order chi connectivity index (χ1) is 14.1. The van der Waals surface area contributed by atoms with Gasteiger partial charge in [0.25, 0.3) is 5.91 Å². The third kappa shape index (κ3) is 4.32. The number of rotatable bonds is 4. The summed E-state index contributed by atoms with van der Waals surface area (Å²) in [6.07, 6.45) is 2.03. The maximum atomic E-state index is 13.1. The summed E-state index contributed by atoms with van der Waals surface area (Å²) in [5.41, 5.74) is 5.14. The zero-order valence-corrected chi connectivity index (χ0v) is 17.0. The second-order valence-corrected chi connectivity index (χ2v) is 7.61. The van der Waals surface area contributed by atoms with Crippen LogP contribution in [0.5, 0.6) is 5.75 Å². The van der Waals surface area contributed by atoms with E-state index in [0.29, 0.717) is 17.9 Å². The second kappa shape index (κ2) is 8.48. The molecule has 0 spiro atoms. The lowest BCUT2D eigenvalue weighted by Gasteiger charge is -2.33. The van der Waals surface area contributed by atoms with Gasteiger partial charge in [-0.05, 0) is 61.2 Å². The standard InChI is InChI=1S/C25H26N2O2/c1-18-14-22(19-8-4-3-5-9-19)16-24(26-18)21-11-7-13-27(17-21)25(28)20-10-6-12-23(15-20)29-2/h3-6,8-10,12,14-16,21H,7,11,13,17H2,1-2H3. The molecule has 1 aliphatic rings. The molecule has 3 aromatic rings. The van der Waals surface area contributed by atoms with Crippen molar-refractivity contribution in [2.24, 2.45) is 0 Å². The van der Waals surface area contributed by atoms with Crippen molar-refractivity contribution in [2.75, 3.05) is 20.2 Å². The zero-order chi connectivity index (χ0) is 20.2. The van der Waals surface area contributed by atoms with E-state index in [1.165, 1.54) is 11.1 Å². The Hall–Kier alpha value is -3.14. The Bertz CT molecular complexity index is 1000. The number of hydrogen-bond acceptors (Lipinski definition) is 3. The molecule has 1 amide bonds. The first-order valence-corrected chi connectivity index (χ1v) is 10.1. The van der Waals surface area contributed by atoms with Crippen molar-refractivity contribution in [1.82, 2.24) is 9.88 Å². The van der Waals surface area contributed by atoms with Gasteiger partial charge in [-0.15, -0.1) is 0 Å². The maximum absolute atomic E-state index is 13.1. The van der Waals surface area contributed by atoms with Crippen LogP contribution in [-0.2, 0) is 0 Å². The summed E-state index contributed by atoms with van der Waals surface area (Å²) in [6, 6.07) is 22.1. The van der Waals surface area contributed by atoms with Crippen LogP contribution in [0.2, 0.25) is 0 Å². The van der Waals surface area contributed by atoms with Gasteiger partial charge in [-0.3, -0.25) is 9.78 Å². The van der Waals surface area contributed by atoms with Gasteiger partial charge in [0.05, 0.1) is 7.11 Å². The number of nitrogens with zero attached hydrogens (tertiary/aromatic N) is 2. The van der Waals surface area contributed by atoms with E-state index in [-0.39, 0.29) is 11.8 Å². The molecular weight excluding hydrogens is 360 g/mol.